The SMILES string of the molecule is CCCCC(CC)CN1C(=O)C2(CCCC2)NC1C(C)C. The molecule has 1 saturated carbocycles. The van der Waals surface area contributed by atoms with E-state index in [4.69, 9.17) is 0 Å². The van der Waals surface area contributed by atoms with Crippen molar-refractivity contribution in [1.29, 1.82) is 0 Å². The topological polar surface area (TPSA) is 32.3 Å². The van der Waals surface area contributed by atoms with E-state index in [2.05, 4.69) is 37.9 Å². The molecule has 122 valence electrons. The van der Waals surface area contributed by atoms with E-state index in [1.54, 1.807) is 0 Å². The van der Waals surface area contributed by atoms with Crippen LogP contribution in [0.1, 0.15) is 79.1 Å². The average molecular weight is 294 g/mol. The molecule has 1 aliphatic carbocycles. The Balaban J connectivity index is 2.09. The molecule has 1 saturated heterocycles. The van der Waals surface area contributed by atoms with Crippen LogP contribution in [0.5, 0.6) is 0 Å². The Morgan fingerprint density at radius 1 is 1.29 bits per heavy atom. The predicted molar refractivity (Wildman–Crippen MR) is 88.0 cm³/mol. The van der Waals surface area contributed by atoms with Gasteiger partial charge in [0.15, 0.2) is 0 Å². The molecule has 0 aromatic heterocycles. The Morgan fingerprint density at radius 2 is 1.95 bits per heavy atom. The first-order valence-corrected chi connectivity index (χ1v) is 9.12. The molecule has 21 heavy (non-hydrogen) atoms. The van der Waals surface area contributed by atoms with E-state index in [0.29, 0.717) is 17.7 Å². The van der Waals surface area contributed by atoms with Gasteiger partial charge >= 0.3 is 0 Å². The molecule has 0 aromatic rings. The van der Waals surface area contributed by atoms with E-state index in [0.717, 1.165) is 19.4 Å². The highest BCUT2D eigenvalue weighted by Crippen LogP contribution is 2.38. The zero-order chi connectivity index (χ0) is 15.5. The van der Waals surface area contributed by atoms with Crippen LogP contribution >= 0.6 is 0 Å². The highest BCUT2D eigenvalue weighted by molar-refractivity contribution is 5.89. The molecule has 0 aromatic carbocycles. The van der Waals surface area contributed by atoms with Crippen molar-refractivity contribution < 1.29 is 4.79 Å². The maximum absolute atomic E-state index is 13.0. The van der Waals surface area contributed by atoms with Gasteiger partial charge in [-0.25, -0.2) is 0 Å². The Labute approximate surface area is 130 Å². The lowest BCUT2D eigenvalue weighted by molar-refractivity contribution is -0.134. The van der Waals surface area contributed by atoms with Gasteiger partial charge in [0.05, 0.1) is 11.7 Å². The van der Waals surface area contributed by atoms with Gasteiger partial charge in [-0.15, -0.1) is 0 Å². The van der Waals surface area contributed by atoms with Gasteiger partial charge in [0, 0.05) is 6.54 Å². The molecular formula is C18H34N2O. The molecule has 0 radical (unpaired) electrons. The van der Waals surface area contributed by atoms with E-state index >= 15 is 0 Å². The van der Waals surface area contributed by atoms with Gasteiger partial charge < -0.3 is 4.90 Å². The third-order valence-corrected chi connectivity index (χ3v) is 5.52. The monoisotopic (exact) mass is 294 g/mol. The van der Waals surface area contributed by atoms with Gasteiger partial charge in [-0.05, 0) is 31.1 Å². The molecule has 1 amide bonds. The Kier molecular flexibility index (Phi) is 5.70. The van der Waals surface area contributed by atoms with Gasteiger partial charge in [-0.1, -0.05) is 59.8 Å². The summed E-state index contributed by atoms with van der Waals surface area (Å²) in [4.78, 5) is 15.2. The first-order chi connectivity index (χ1) is 10.0. The zero-order valence-electron chi connectivity index (χ0n) is 14.5. The second-order valence-electron chi connectivity index (χ2n) is 7.50. The fourth-order valence-corrected chi connectivity index (χ4v) is 4.08. The van der Waals surface area contributed by atoms with Gasteiger partial charge in [-0.3, -0.25) is 10.1 Å². The van der Waals surface area contributed by atoms with Crippen LogP contribution in [0.15, 0.2) is 0 Å². The molecule has 2 rings (SSSR count). The smallest absolute Gasteiger partial charge is 0.244 e. The molecule has 1 N–H and O–H groups in total. The van der Waals surface area contributed by atoms with Crippen molar-refractivity contribution >= 4 is 5.91 Å². The number of nitrogens with zero attached hydrogens (tertiary/aromatic N) is 1. The van der Waals surface area contributed by atoms with Crippen LogP contribution < -0.4 is 5.32 Å². The lowest BCUT2D eigenvalue weighted by Crippen LogP contribution is -2.45. The van der Waals surface area contributed by atoms with Crippen molar-refractivity contribution in [1.82, 2.24) is 10.2 Å². The number of hydrogen-bond acceptors (Lipinski definition) is 2. The number of carbonyl (C=O) groups is 1. The highest BCUT2D eigenvalue weighted by Gasteiger charge is 2.52. The summed E-state index contributed by atoms with van der Waals surface area (Å²) in [5, 5.41) is 3.73. The Hall–Kier alpha value is -0.570. The molecule has 2 aliphatic rings. The molecule has 1 spiro atoms. The minimum absolute atomic E-state index is 0.210. The second kappa shape index (κ2) is 7.13. The number of unbranched alkanes of at least 4 members (excludes halogenated alkanes) is 1. The minimum Gasteiger partial charge on any atom is -0.325 e. The lowest BCUT2D eigenvalue weighted by atomic mass is 9.96. The molecule has 2 unspecified atom stereocenters. The van der Waals surface area contributed by atoms with E-state index in [1.165, 1.54) is 38.5 Å². The fraction of sp³-hybridized carbons (Fsp3) is 0.944. The van der Waals surface area contributed by atoms with Crippen LogP contribution in [0.4, 0.5) is 0 Å². The van der Waals surface area contributed by atoms with Gasteiger partial charge in [0.2, 0.25) is 5.91 Å². The van der Waals surface area contributed by atoms with Crippen LogP contribution in [0, 0.1) is 11.8 Å². The van der Waals surface area contributed by atoms with Crippen LogP contribution in [0.2, 0.25) is 0 Å². The molecule has 0 bridgehead atoms. The maximum atomic E-state index is 13.0. The molecule has 3 heteroatoms. The lowest BCUT2D eigenvalue weighted by Gasteiger charge is -2.30. The van der Waals surface area contributed by atoms with Crippen molar-refractivity contribution in [2.75, 3.05) is 6.54 Å². The average Bonchev–Trinajstić information content (AvgIpc) is 3.04. The summed E-state index contributed by atoms with van der Waals surface area (Å²) >= 11 is 0. The first kappa shape index (κ1) is 16.8. The van der Waals surface area contributed by atoms with Gasteiger partial charge in [0.25, 0.3) is 0 Å². The first-order valence-electron chi connectivity index (χ1n) is 9.12. The summed E-state index contributed by atoms with van der Waals surface area (Å²) in [6.07, 6.45) is 9.69. The minimum atomic E-state index is -0.210. The number of rotatable bonds is 7. The van der Waals surface area contributed by atoms with Crippen molar-refractivity contribution in [3.05, 3.63) is 0 Å². The molecule has 3 nitrogen and oxygen atoms in total. The molecule has 2 fully saturated rings. The van der Waals surface area contributed by atoms with Crippen LogP contribution in [0.3, 0.4) is 0 Å². The van der Waals surface area contributed by atoms with Crippen LogP contribution in [0.25, 0.3) is 0 Å². The molecule has 1 aliphatic heterocycles. The van der Waals surface area contributed by atoms with Gasteiger partial charge in [0.1, 0.15) is 0 Å². The van der Waals surface area contributed by atoms with Gasteiger partial charge in [-0.2, -0.15) is 0 Å². The zero-order valence-corrected chi connectivity index (χ0v) is 14.5. The summed E-state index contributed by atoms with van der Waals surface area (Å²) in [5.41, 5.74) is -0.210. The predicted octanol–water partition coefficient (Wildman–Crippen LogP) is 3.93. The molecule has 2 atom stereocenters. The van der Waals surface area contributed by atoms with Crippen molar-refractivity contribution in [3.63, 3.8) is 0 Å². The number of hydrogen-bond donors (Lipinski definition) is 1. The molecule has 1 heterocycles. The van der Waals surface area contributed by atoms with Crippen molar-refractivity contribution in [2.24, 2.45) is 11.8 Å². The summed E-state index contributed by atoms with van der Waals surface area (Å²) in [6.45, 7) is 9.94. The quantitative estimate of drug-likeness (QED) is 0.771. The summed E-state index contributed by atoms with van der Waals surface area (Å²) in [6, 6.07) is 0. The summed E-state index contributed by atoms with van der Waals surface area (Å²) in [7, 11) is 0. The van der Waals surface area contributed by atoms with E-state index in [9.17, 15) is 4.79 Å². The summed E-state index contributed by atoms with van der Waals surface area (Å²) in [5.74, 6) is 1.54. The fourth-order valence-electron chi connectivity index (χ4n) is 4.08. The third-order valence-electron chi connectivity index (χ3n) is 5.52. The maximum Gasteiger partial charge on any atom is 0.244 e. The van der Waals surface area contributed by atoms with E-state index in [-0.39, 0.29) is 11.7 Å². The van der Waals surface area contributed by atoms with E-state index < -0.39 is 0 Å². The second-order valence-corrected chi connectivity index (χ2v) is 7.50. The Morgan fingerprint density at radius 3 is 2.48 bits per heavy atom. The molecular weight excluding hydrogens is 260 g/mol. The van der Waals surface area contributed by atoms with Crippen LogP contribution in [-0.2, 0) is 4.79 Å². The van der Waals surface area contributed by atoms with E-state index in [1.807, 2.05) is 0 Å². The number of amides is 1. The summed E-state index contributed by atoms with van der Waals surface area (Å²) < 4.78 is 0. The standard InChI is InChI=1S/C18H34N2O/c1-5-7-10-15(6-2)13-20-16(14(3)4)19-18(17(20)21)11-8-9-12-18/h14-16,19H,5-13H2,1-4H3. The van der Waals surface area contributed by atoms with Crippen molar-refractivity contribution in [2.45, 2.75) is 90.8 Å². The van der Waals surface area contributed by atoms with Crippen molar-refractivity contribution in [3.8, 4) is 0 Å². The number of carbonyl (C=O) groups excluding carboxylic acids is 1. The highest BCUT2D eigenvalue weighted by atomic mass is 16.2. The number of nitrogens with one attached hydrogen (secondary N) is 1. The third kappa shape index (κ3) is 3.44. The Bertz CT molecular complexity index is 347. The largest absolute Gasteiger partial charge is 0.325 e. The van der Waals surface area contributed by atoms with Crippen LogP contribution in [-0.4, -0.2) is 29.1 Å². The normalized spacial score (nSPS) is 26.2.